The number of hydrogen-bond donors (Lipinski definition) is 1. The molecule has 0 amide bonds. The zero-order valence-electron chi connectivity index (χ0n) is 10.5. The Morgan fingerprint density at radius 2 is 2.24 bits per heavy atom. The van der Waals surface area contributed by atoms with E-state index >= 15 is 0 Å². The van der Waals surface area contributed by atoms with Gasteiger partial charge in [-0.2, -0.15) is 0 Å². The number of nitrogens with two attached hydrogens (primary N) is 1. The lowest BCUT2D eigenvalue weighted by molar-refractivity contribution is 0.569. The van der Waals surface area contributed by atoms with E-state index < -0.39 is 0 Å². The Morgan fingerprint density at radius 3 is 2.82 bits per heavy atom. The van der Waals surface area contributed by atoms with Gasteiger partial charge in [-0.15, -0.1) is 11.3 Å². The molecule has 94 valence electrons. The van der Waals surface area contributed by atoms with Crippen LogP contribution >= 0.6 is 11.3 Å². The second-order valence-electron chi connectivity index (χ2n) is 5.29. The SMILES string of the molecule is CCC1CCN(c2nc(C3CC3)c(CN)s2)C1. The van der Waals surface area contributed by atoms with Crippen LogP contribution in [0.15, 0.2) is 0 Å². The maximum Gasteiger partial charge on any atom is 0.185 e. The fraction of sp³-hybridized carbons (Fsp3) is 0.769. The molecule has 0 spiro atoms. The van der Waals surface area contributed by atoms with Crippen LogP contribution in [-0.4, -0.2) is 18.1 Å². The van der Waals surface area contributed by atoms with E-state index in [9.17, 15) is 0 Å². The van der Waals surface area contributed by atoms with E-state index in [4.69, 9.17) is 10.7 Å². The summed E-state index contributed by atoms with van der Waals surface area (Å²) in [4.78, 5) is 8.64. The lowest BCUT2D eigenvalue weighted by atomic mass is 10.1. The van der Waals surface area contributed by atoms with E-state index in [0.29, 0.717) is 6.54 Å². The summed E-state index contributed by atoms with van der Waals surface area (Å²) in [5.74, 6) is 1.59. The van der Waals surface area contributed by atoms with Gasteiger partial charge in [0.2, 0.25) is 0 Å². The van der Waals surface area contributed by atoms with E-state index in [1.54, 1.807) is 0 Å². The maximum atomic E-state index is 5.83. The number of hydrogen-bond acceptors (Lipinski definition) is 4. The summed E-state index contributed by atoms with van der Waals surface area (Å²) in [6.45, 7) is 5.32. The lowest BCUT2D eigenvalue weighted by Crippen LogP contribution is -2.19. The second-order valence-corrected chi connectivity index (χ2v) is 6.35. The van der Waals surface area contributed by atoms with Crippen molar-refractivity contribution in [3.8, 4) is 0 Å². The molecule has 0 radical (unpaired) electrons. The predicted molar refractivity (Wildman–Crippen MR) is 72.6 cm³/mol. The number of nitrogens with zero attached hydrogens (tertiary/aromatic N) is 2. The third-order valence-corrected chi connectivity index (χ3v) is 5.15. The first-order valence-electron chi connectivity index (χ1n) is 6.76. The minimum Gasteiger partial charge on any atom is -0.348 e. The largest absolute Gasteiger partial charge is 0.348 e. The number of anilines is 1. The first kappa shape index (κ1) is 11.5. The summed E-state index contributed by atoms with van der Waals surface area (Å²) in [5.41, 5.74) is 7.15. The average molecular weight is 251 g/mol. The highest BCUT2D eigenvalue weighted by molar-refractivity contribution is 7.15. The van der Waals surface area contributed by atoms with Gasteiger partial charge in [0.15, 0.2) is 5.13 Å². The van der Waals surface area contributed by atoms with Crippen LogP contribution in [-0.2, 0) is 6.54 Å². The van der Waals surface area contributed by atoms with Crippen molar-refractivity contribution >= 4 is 16.5 Å². The molecule has 1 aliphatic carbocycles. The van der Waals surface area contributed by atoms with Crippen molar-refractivity contribution in [2.75, 3.05) is 18.0 Å². The standard InChI is InChI=1S/C13H21N3S/c1-2-9-5-6-16(8-9)13-15-12(10-3-4-10)11(7-14)17-13/h9-10H,2-8,14H2,1H3. The minimum atomic E-state index is 0.661. The predicted octanol–water partition coefficient (Wildman–Crippen LogP) is 2.72. The summed E-state index contributed by atoms with van der Waals surface area (Å²) < 4.78 is 0. The molecule has 2 aliphatic rings. The van der Waals surface area contributed by atoms with Crippen LogP contribution < -0.4 is 10.6 Å². The third-order valence-electron chi connectivity index (χ3n) is 4.00. The number of thiazole rings is 1. The molecule has 1 unspecified atom stereocenters. The molecule has 1 aliphatic heterocycles. The Morgan fingerprint density at radius 1 is 1.41 bits per heavy atom. The summed E-state index contributed by atoms with van der Waals surface area (Å²) in [6, 6.07) is 0. The minimum absolute atomic E-state index is 0.661. The van der Waals surface area contributed by atoms with Gasteiger partial charge in [0.25, 0.3) is 0 Å². The van der Waals surface area contributed by atoms with Gasteiger partial charge in [0, 0.05) is 30.4 Å². The molecular formula is C13H21N3S. The van der Waals surface area contributed by atoms with Gasteiger partial charge in [-0.25, -0.2) is 4.98 Å². The second kappa shape index (κ2) is 4.58. The fourth-order valence-electron chi connectivity index (χ4n) is 2.65. The van der Waals surface area contributed by atoms with Crippen LogP contribution in [0, 0.1) is 5.92 Å². The molecule has 0 aromatic carbocycles. The summed E-state index contributed by atoms with van der Waals surface area (Å²) >= 11 is 1.83. The van der Waals surface area contributed by atoms with Crippen molar-refractivity contribution in [3.63, 3.8) is 0 Å². The Labute approximate surface area is 107 Å². The molecule has 3 nitrogen and oxygen atoms in total. The number of aromatic nitrogens is 1. The highest BCUT2D eigenvalue weighted by Crippen LogP contribution is 2.44. The molecule has 2 heterocycles. The molecule has 1 saturated carbocycles. The van der Waals surface area contributed by atoms with Crippen LogP contribution in [0.25, 0.3) is 0 Å². The first-order valence-corrected chi connectivity index (χ1v) is 7.58. The normalized spacial score (nSPS) is 24.6. The van der Waals surface area contributed by atoms with E-state index in [1.165, 1.54) is 54.5 Å². The Bertz CT molecular complexity index is 397. The van der Waals surface area contributed by atoms with Crippen LogP contribution in [0.1, 0.15) is 49.1 Å². The van der Waals surface area contributed by atoms with Crippen molar-refractivity contribution in [1.82, 2.24) is 4.98 Å². The van der Waals surface area contributed by atoms with E-state index in [2.05, 4.69) is 11.8 Å². The maximum absolute atomic E-state index is 5.83. The zero-order valence-corrected chi connectivity index (χ0v) is 11.3. The van der Waals surface area contributed by atoms with Gasteiger partial charge in [-0.05, 0) is 25.2 Å². The molecular weight excluding hydrogens is 230 g/mol. The van der Waals surface area contributed by atoms with Crippen molar-refractivity contribution in [1.29, 1.82) is 0 Å². The number of rotatable bonds is 4. The van der Waals surface area contributed by atoms with Gasteiger partial charge < -0.3 is 10.6 Å². The van der Waals surface area contributed by atoms with Gasteiger partial charge in [-0.1, -0.05) is 13.3 Å². The molecule has 0 bridgehead atoms. The summed E-state index contributed by atoms with van der Waals surface area (Å²) in [5, 5.41) is 1.23. The molecule has 1 atom stereocenters. The lowest BCUT2D eigenvalue weighted by Gasteiger charge is -2.14. The van der Waals surface area contributed by atoms with Gasteiger partial charge in [0.05, 0.1) is 5.69 Å². The smallest absolute Gasteiger partial charge is 0.185 e. The molecule has 3 rings (SSSR count). The van der Waals surface area contributed by atoms with Crippen LogP contribution in [0.3, 0.4) is 0 Å². The first-order chi connectivity index (χ1) is 8.31. The van der Waals surface area contributed by atoms with Crippen molar-refractivity contribution < 1.29 is 0 Å². The molecule has 1 aromatic rings. The molecule has 4 heteroatoms. The van der Waals surface area contributed by atoms with Crippen LogP contribution in [0.4, 0.5) is 5.13 Å². The van der Waals surface area contributed by atoms with Gasteiger partial charge in [0.1, 0.15) is 0 Å². The van der Waals surface area contributed by atoms with Crippen LogP contribution in [0.2, 0.25) is 0 Å². The average Bonchev–Trinajstić information content (AvgIpc) is 2.95. The van der Waals surface area contributed by atoms with Gasteiger partial charge >= 0.3 is 0 Å². The Hall–Kier alpha value is -0.610. The van der Waals surface area contributed by atoms with Crippen molar-refractivity contribution in [2.24, 2.45) is 11.7 Å². The van der Waals surface area contributed by atoms with E-state index in [1.807, 2.05) is 11.3 Å². The van der Waals surface area contributed by atoms with Crippen LogP contribution in [0.5, 0.6) is 0 Å². The molecule has 2 fully saturated rings. The topological polar surface area (TPSA) is 42.2 Å². The quantitative estimate of drug-likeness (QED) is 0.894. The molecule has 17 heavy (non-hydrogen) atoms. The zero-order chi connectivity index (χ0) is 11.8. The Kier molecular flexibility index (Phi) is 3.09. The summed E-state index contributed by atoms with van der Waals surface area (Å²) in [6.07, 6.45) is 5.25. The highest BCUT2D eigenvalue weighted by Gasteiger charge is 2.31. The Balaban J connectivity index is 1.79. The van der Waals surface area contributed by atoms with E-state index in [0.717, 1.165) is 11.8 Å². The molecule has 1 aromatic heterocycles. The molecule has 2 N–H and O–H groups in total. The highest BCUT2D eigenvalue weighted by atomic mass is 32.1. The van der Waals surface area contributed by atoms with Crippen molar-refractivity contribution in [2.45, 2.75) is 45.1 Å². The van der Waals surface area contributed by atoms with E-state index in [-0.39, 0.29) is 0 Å². The molecule has 1 saturated heterocycles. The van der Waals surface area contributed by atoms with Gasteiger partial charge in [-0.3, -0.25) is 0 Å². The van der Waals surface area contributed by atoms with Crippen molar-refractivity contribution in [3.05, 3.63) is 10.6 Å². The monoisotopic (exact) mass is 251 g/mol. The summed E-state index contributed by atoms with van der Waals surface area (Å²) in [7, 11) is 0. The third kappa shape index (κ3) is 2.20. The fourth-order valence-corrected chi connectivity index (χ4v) is 3.71.